The van der Waals surface area contributed by atoms with E-state index in [-0.39, 0.29) is 6.54 Å². The monoisotopic (exact) mass is 130 g/mol. The van der Waals surface area contributed by atoms with Crippen molar-refractivity contribution in [2.75, 3.05) is 6.54 Å². The van der Waals surface area contributed by atoms with Crippen LogP contribution in [0, 0.1) is 5.92 Å². The molecule has 0 aliphatic rings. The minimum atomic E-state index is -1.40. The molecule has 4 heteroatoms. The van der Waals surface area contributed by atoms with Crippen LogP contribution in [0.3, 0.4) is 0 Å². The Morgan fingerprint density at radius 1 is 1.67 bits per heavy atom. The minimum absolute atomic E-state index is 0.183. The molecule has 0 aliphatic carbocycles. The number of carbonyl (C=O) groups is 2. The second-order valence-electron chi connectivity index (χ2n) is 1.72. The average molecular weight is 130 g/mol. The Morgan fingerprint density at radius 3 is 2.11 bits per heavy atom. The number of hydrogen-bond acceptors (Lipinski definition) is 4. The molecule has 0 rings (SSSR count). The van der Waals surface area contributed by atoms with Crippen LogP contribution >= 0.6 is 0 Å². The maximum absolute atomic E-state index is 10.3. The van der Waals surface area contributed by atoms with E-state index in [1.54, 1.807) is 0 Å². The average Bonchev–Trinajstić information content (AvgIpc) is 1.64. The van der Waals surface area contributed by atoms with Crippen LogP contribution in [0.5, 0.6) is 0 Å². The number of carboxylic acids is 1. The number of ketones is 1. The molecule has 2 N–H and O–H groups in total. The van der Waals surface area contributed by atoms with Crippen molar-refractivity contribution in [1.82, 2.24) is 0 Å². The van der Waals surface area contributed by atoms with E-state index in [2.05, 4.69) is 0 Å². The maximum Gasteiger partial charge on any atom is 0.139 e. The number of nitrogens with two attached hydrogens (primary N) is 1. The lowest BCUT2D eigenvalue weighted by molar-refractivity contribution is -0.309. The zero-order valence-corrected chi connectivity index (χ0v) is 5.09. The first-order valence-electron chi connectivity index (χ1n) is 2.51. The number of rotatable bonds is 3. The Morgan fingerprint density at radius 2 is 2.11 bits per heavy atom. The van der Waals surface area contributed by atoms with Crippen LogP contribution in [0.25, 0.3) is 0 Å². The van der Waals surface area contributed by atoms with Crippen LogP contribution in [0.1, 0.15) is 6.92 Å². The highest BCUT2D eigenvalue weighted by Crippen LogP contribution is 1.91. The molecule has 0 aromatic rings. The molecule has 0 spiro atoms. The first-order chi connectivity index (χ1) is 4.09. The van der Waals surface area contributed by atoms with Crippen molar-refractivity contribution >= 4 is 11.8 Å². The van der Waals surface area contributed by atoms with Crippen LogP contribution < -0.4 is 10.8 Å². The summed E-state index contributed by atoms with van der Waals surface area (Å²) in [5.41, 5.74) is 4.93. The quantitative estimate of drug-likeness (QED) is 0.443. The van der Waals surface area contributed by atoms with Crippen LogP contribution in [0.2, 0.25) is 0 Å². The van der Waals surface area contributed by atoms with Crippen molar-refractivity contribution in [3.8, 4) is 0 Å². The van der Waals surface area contributed by atoms with E-state index < -0.39 is 17.7 Å². The zero-order valence-electron chi connectivity index (χ0n) is 5.09. The molecular formula is C5H8NO3-. The van der Waals surface area contributed by atoms with E-state index >= 15 is 0 Å². The smallest absolute Gasteiger partial charge is 0.139 e. The van der Waals surface area contributed by atoms with E-state index in [0.29, 0.717) is 0 Å². The third-order valence-corrected chi connectivity index (χ3v) is 1.01. The maximum atomic E-state index is 10.3. The molecule has 0 amide bonds. The van der Waals surface area contributed by atoms with E-state index in [9.17, 15) is 14.7 Å². The summed E-state index contributed by atoms with van der Waals surface area (Å²) in [4.78, 5) is 20.3. The zero-order chi connectivity index (χ0) is 7.44. The van der Waals surface area contributed by atoms with Gasteiger partial charge in [0.25, 0.3) is 0 Å². The Kier molecular flexibility index (Phi) is 2.87. The number of hydrogen-bond donors (Lipinski definition) is 1. The van der Waals surface area contributed by atoms with Gasteiger partial charge in [-0.15, -0.1) is 0 Å². The van der Waals surface area contributed by atoms with E-state index in [4.69, 9.17) is 5.73 Å². The topological polar surface area (TPSA) is 83.2 Å². The molecule has 0 heterocycles. The summed E-state index contributed by atoms with van der Waals surface area (Å²) in [6.07, 6.45) is 0. The van der Waals surface area contributed by atoms with Gasteiger partial charge >= 0.3 is 0 Å². The Hall–Kier alpha value is -0.900. The lowest BCUT2D eigenvalue weighted by Crippen LogP contribution is -2.39. The van der Waals surface area contributed by atoms with Crippen molar-refractivity contribution in [3.05, 3.63) is 0 Å². The molecule has 0 aliphatic heterocycles. The van der Waals surface area contributed by atoms with Gasteiger partial charge in [-0.2, -0.15) is 0 Å². The van der Waals surface area contributed by atoms with E-state index in [1.165, 1.54) is 6.92 Å². The molecule has 0 saturated heterocycles. The standard InChI is InChI=1S/C5H9NO3/c1-3(7)4(2-6)5(8)9/h4H,2,6H2,1H3,(H,8,9)/p-1. The lowest BCUT2D eigenvalue weighted by Gasteiger charge is -2.10. The van der Waals surface area contributed by atoms with Gasteiger partial charge < -0.3 is 15.6 Å². The number of aliphatic carboxylic acids is 1. The van der Waals surface area contributed by atoms with Crippen molar-refractivity contribution in [1.29, 1.82) is 0 Å². The van der Waals surface area contributed by atoms with Gasteiger partial charge in [0, 0.05) is 6.54 Å². The second-order valence-corrected chi connectivity index (χ2v) is 1.72. The molecule has 0 bridgehead atoms. The summed E-state index contributed by atoms with van der Waals surface area (Å²) in [5, 5.41) is 9.96. The van der Waals surface area contributed by atoms with Crippen molar-refractivity contribution in [2.45, 2.75) is 6.92 Å². The molecule has 0 fully saturated rings. The van der Waals surface area contributed by atoms with Gasteiger partial charge in [0.05, 0.1) is 11.9 Å². The van der Waals surface area contributed by atoms with Crippen molar-refractivity contribution in [3.63, 3.8) is 0 Å². The summed E-state index contributed by atoms with van der Waals surface area (Å²) in [7, 11) is 0. The molecule has 9 heavy (non-hydrogen) atoms. The molecule has 4 nitrogen and oxygen atoms in total. The lowest BCUT2D eigenvalue weighted by atomic mass is 10.1. The van der Waals surface area contributed by atoms with Gasteiger partial charge in [-0.25, -0.2) is 0 Å². The molecule has 0 radical (unpaired) electrons. The van der Waals surface area contributed by atoms with Gasteiger partial charge in [0.1, 0.15) is 5.78 Å². The molecule has 1 atom stereocenters. The van der Waals surface area contributed by atoms with Gasteiger partial charge in [-0.3, -0.25) is 4.79 Å². The van der Waals surface area contributed by atoms with Gasteiger partial charge in [-0.05, 0) is 6.92 Å². The van der Waals surface area contributed by atoms with Gasteiger partial charge in [0.2, 0.25) is 0 Å². The van der Waals surface area contributed by atoms with E-state index in [1.807, 2.05) is 0 Å². The summed E-state index contributed by atoms with van der Waals surface area (Å²) in [5.74, 6) is -2.99. The second kappa shape index (κ2) is 3.19. The Balaban J connectivity index is 3.99. The summed E-state index contributed by atoms with van der Waals surface area (Å²) >= 11 is 0. The highest BCUT2D eigenvalue weighted by Gasteiger charge is 2.11. The predicted molar refractivity (Wildman–Crippen MR) is 28.2 cm³/mol. The SMILES string of the molecule is CC(=O)C(CN)C(=O)[O-]. The minimum Gasteiger partial charge on any atom is -0.549 e. The highest BCUT2D eigenvalue weighted by molar-refractivity contribution is 5.96. The fourth-order valence-corrected chi connectivity index (χ4v) is 0.428. The molecule has 1 unspecified atom stereocenters. The summed E-state index contributed by atoms with van der Waals surface area (Å²) in [6.45, 7) is 0.991. The van der Waals surface area contributed by atoms with Crippen LogP contribution in [0.4, 0.5) is 0 Å². The van der Waals surface area contributed by atoms with Crippen LogP contribution in [0.15, 0.2) is 0 Å². The predicted octanol–water partition coefficient (Wildman–Crippen LogP) is -2.10. The van der Waals surface area contributed by atoms with E-state index in [0.717, 1.165) is 0 Å². The highest BCUT2D eigenvalue weighted by atomic mass is 16.4. The summed E-state index contributed by atoms with van der Waals surface area (Å²) < 4.78 is 0. The largest absolute Gasteiger partial charge is 0.549 e. The Labute approximate surface area is 52.7 Å². The van der Waals surface area contributed by atoms with Crippen molar-refractivity contribution < 1.29 is 14.7 Å². The number of Topliss-reactive ketones (excluding diaryl/α,β-unsaturated/α-hetero) is 1. The first kappa shape index (κ1) is 8.10. The van der Waals surface area contributed by atoms with Crippen LogP contribution in [-0.4, -0.2) is 18.3 Å². The van der Waals surface area contributed by atoms with Gasteiger partial charge in [0.15, 0.2) is 0 Å². The third kappa shape index (κ3) is 2.23. The third-order valence-electron chi connectivity index (χ3n) is 1.01. The normalized spacial score (nSPS) is 12.7. The molecule has 52 valence electrons. The molecule has 0 aromatic carbocycles. The number of carboxylic acid groups (broad SMARTS) is 1. The molecular weight excluding hydrogens is 122 g/mol. The summed E-state index contributed by atoms with van der Waals surface area (Å²) in [6, 6.07) is 0. The number of carbonyl (C=O) groups excluding carboxylic acids is 2. The fraction of sp³-hybridized carbons (Fsp3) is 0.600. The molecule has 0 saturated carbocycles. The fourth-order valence-electron chi connectivity index (χ4n) is 0.428. The van der Waals surface area contributed by atoms with Gasteiger partial charge in [-0.1, -0.05) is 0 Å². The Bertz CT molecular complexity index is 118. The van der Waals surface area contributed by atoms with Crippen LogP contribution in [-0.2, 0) is 9.59 Å². The molecule has 0 aromatic heterocycles. The first-order valence-corrected chi connectivity index (χ1v) is 2.51. The van der Waals surface area contributed by atoms with Crippen molar-refractivity contribution in [2.24, 2.45) is 11.7 Å².